The highest BCUT2D eigenvalue weighted by Gasteiger charge is 1.95. The summed E-state index contributed by atoms with van der Waals surface area (Å²) in [5.74, 6) is 2.13. The van der Waals surface area contributed by atoms with Crippen molar-refractivity contribution in [2.75, 3.05) is 12.3 Å². The Hall–Kier alpha value is -0.480. The molecule has 0 atom stereocenters. The lowest BCUT2D eigenvalue weighted by atomic mass is 10.5. The Bertz CT molecular complexity index is 222. The quantitative estimate of drug-likeness (QED) is 0.696. The van der Waals surface area contributed by atoms with Crippen LogP contribution >= 0.6 is 11.8 Å². The number of aryl methyl sites for hydroxylation is 1. The molecule has 0 radical (unpaired) electrons. The molecular formula is C8H15N3S. The summed E-state index contributed by atoms with van der Waals surface area (Å²) in [6.07, 6.45) is 3.07. The van der Waals surface area contributed by atoms with Crippen LogP contribution in [0.5, 0.6) is 0 Å². The van der Waals surface area contributed by atoms with Crippen LogP contribution in [0.1, 0.15) is 12.1 Å². The zero-order chi connectivity index (χ0) is 8.81. The van der Waals surface area contributed by atoms with Gasteiger partial charge in [0.2, 0.25) is 0 Å². The van der Waals surface area contributed by atoms with Crippen molar-refractivity contribution in [1.82, 2.24) is 9.78 Å². The topological polar surface area (TPSA) is 43.8 Å². The van der Waals surface area contributed by atoms with Crippen LogP contribution in [0.3, 0.4) is 0 Å². The molecule has 0 aliphatic carbocycles. The fourth-order valence-electron chi connectivity index (χ4n) is 0.902. The van der Waals surface area contributed by atoms with Crippen LogP contribution < -0.4 is 5.73 Å². The summed E-state index contributed by atoms with van der Waals surface area (Å²) in [5.41, 5.74) is 6.53. The molecule has 1 aromatic rings. The third kappa shape index (κ3) is 3.28. The van der Waals surface area contributed by atoms with Gasteiger partial charge in [0.25, 0.3) is 0 Å². The van der Waals surface area contributed by atoms with Crippen molar-refractivity contribution in [2.24, 2.45) is 12.8 Å². The van der Waals surface area contributed by atoms with E-state index in [1.54, 1.807) is 0 Å². The number of thioether (sulfide) groups is 1. The van der Waals surface area contributed by atoms with Gasteiger partial charge in [0.1, 0.15) is 0 Å². The molecule has 2 N–H and O–H groups in total. The minimum Gasteiger partial charge on any atom is -0.330 e. The standard InChI is InChI=1S/C8H15N3S/c1-11-5-3-8(10-11)7-12-6-2-4-9/h3,5H,2,4,6-7,9H2,1H3. The average molecular weight is 185 g/mol. The van der Waals surface area contributed by atoms with E-state index in [-0.39, 0.29) is 0 Å². The van der Waals surface area contributed by atoms with Crippen molar-refractivity contribution in [2.45, 2.75) is 12.2 Å². The van der Waals surface area contributed by atoms with E-state index in [0.29, 0.717) is 0 Å². The van der Waals surface area contributed by atoms with Gasteiger partial charge in [0.05, 0.1) is 5.69 Å². The highest BCUT2D eigenvalue weighted by atomic mass is 32.2. The van der Waals surface area contributed by atoms with E-state index in [1.807, 2.05) is 29.7 Å². The number of hydrogen-bond acceptors (Lipinski definition) is 3. The van der Waals surface area contributed by atoms with Crippen molar-refractivity contribution in [1.29, 1.82) is 0 Å². The highest BCUT2D eigenvalue weighted by Crippen LogP contribution is 2.09. The van der Waals surface area contributed by atoms with Crippen molar-refractivity contribution in [3.05, 3.63) is 18.0 Å². The second kappa shape index (κ2) is 5.22. The van der Waals surface area contributed by atoms with E-state index in [2.05, 4.69) is 11.2 Å². The van der Waals surface area contributed by atoms with Gasteiger partial charge in [-0.25, -0.2) is 0 Å². The van der Waals surface area contributed by atoms with Gasteiger partial charge >= 0.3 is 0 Å². The zero-order valence-electron chi connectivity index (χ0n) is 7.36. The van der Waals surface area contributed by atoms with Gasteiger partial charge in [-0.3, -0.25) is 4.68 Å². The smallest absolute Gasteiger partial charge is 0.0723 e. The van der Waals surface area contributed by atoms with Crippen LogP contribution in [0, 0.1) is 0 Å². The predicted molar refractivity (Wildman–Crippen MR) is 53.0 cm³/mol. The second-order valence-electron chi connectivity index (χ2n) is 2.68. The maximum Gasteiger partial charge on any atom is 0.0723 e. The summed E-state index contributed by atoms with van der Waals surface area (Å²) >= 11 is 1.89. The van der Waals surface area contributed by atoms with Crippen molar-refractivity contribution in [3.63, 3.8) is 0 Å². The van der Waals surface area contributed by atoms with Crippen molar-refractivity contribution >= 4 is 11.8 Å². The molecule has 12 heavy (non-hydrogen) atoms. The van der Waals surface area contributed by atoms with Crippen LogP contribution in [-0.4, -0.2) is 22.1 Å². The van der Waals surface area contributed by atoms with Crippen molar-refractivity contribution in [3.8, 4) is 0 Å². The molecule has 1 rings (SSSR count). The van der Waals surface area contributed by atoms with E-state index in [4.69, 9.17) is 5.73 Å². The van der Waals surface area contributed by atoms with Gasteiger partial charge in [-0.05, 0) is 24.8 Å². The maximum atomic E-state index is 5.38. The van der Waals surface area contributed by atoms with Crippen LogP contribution in [-0.2, 0) is 12.8 Å². The Morgan fingerprint density at radius 3 is 3.08 bits per heavy atom. The van der Waals surface area contributed by atoms with E-state index in [9.17, 15) is 0 Å². The van der Waals surface area contributed by atoms with Gasteiger partial charge in [0, 0.05) is 19.0 Å². The molecule has 68 valence electrons. The van der Waals surface area contributed by atoms with Crippen LogP contribution in [0.4, 0.5) is 0 Å². The molecule has 1 heterocycles. The van der Waals surface area contributed by atoms with Crippen LogP contribution in [0.15, 0.2) is 12.3 Å². The molecule has 0 spiro atoms. The normalized spacial score (nSPS) is 10.5. The summed E-state index contributed by atoms with van der Waals surface area (Å²) in [5, 5.41) is 4.27. The predicted octanol–water partition coefficient (Wildman–Crippen LogP) is 1.00. The largest absolute Gasteiger partial charge is 0.330 e. The van der Waals surface area contributed by atoms with Gasteiger partial charge in [-0.15, -0.1) is 0 Å². The second-order valence-corrected chi connectivity index (χ2v) is 3.78. The lowest BCUT2D eigenvalue weighted by Gasteiger charge is -1.96. The van der Waals surface area contributed by atoms with E-state index in [0.717, 1.165) is 30.2 Å². The minimum absolute atomic E-state index is 0.787. The summed E-state index contributed by atoms with van der Waals surface area (Å²) < 4.78 is 1.83. The average Bonchev–Trinajstić information content (AvgIpc) is 2.45. The summed E-state index contributed by atoms with van der Waals surface area (Å²) in [4.78, 5) is 0. The maximum absolute atomic E-state index is 5.38. The third-order valence-corrected chi connectivity index (χ3v) is 2.59. The lowest BCUT2D eigenvalue weighted by Crippen LogP contribution is -1.99. The molecule has 0 saturated carbocycles. The molecule has 1 aromatic heterocycles. The van der Waals surface area contributed by atoms with Crippen molar-refractivity contribution < 1.29 is 0 Å². The molecule has 0 bridgehead atoms. The SMILES string of the molecule is Cn1ccc(CSCCCN)n1. The molecule has 0 aliphatic rings. The van der Waals surface area contributed by atoms with Gasteiger partial charge < -0.3 is 5.73 Å². The van der Waals surface area contributed by atoms with Gasteiger partial charge in [-0.2, -0.15) is 16.9 Å². The Labute approximate surface area is 77.3 Å². The fourth-order valence-corrected chi connectivity index (χ4v) is 1.78. The first-order chi connectivity index (χ1) is 5.83. The Morgan fingerprint density at radius 1 is 1.67 bits per heavy atom. The zero-order valence-corrected chi connectivity index (χ0v) is 8.18. The molecular weight excluding hydrogens is 170 g/mol. The number of aromatic nitrogens is 2. The molecule has 0 aliphatic heterocycles. The summed E-state index contributed by atoms with van der Waals surface area (Å²) in [6.45, 7) is 0.787. The Kier molecular flexibility index (Phi) is 4.18. The molecule has 0 saturated heterocycles. The molecule has 0 unspecified atom stereocenters. The van der Waals surface area contributed by atoms with Crippen LogP contribution in [0.2, 0.25) is 0 Å². The van der Waals surface area contributed by atoms with E-state index >= 15 is 0 Å². The first kappa shape index (κ1) is 9.61. The van der Waals surface area contributed by atoms with E-state index in [1.165, 1.54) is 0 Å². The number of hydrogen-bond donors (Lipinski definition) is 1. The van der Waals surface area contributed by atoms with E-state index < -0.39 is 0 Å². The molecule has 4 heteroatoms. The summed E-state index contributed by atoms with van der Waals surface area (Å²) in [7, 11) is 1.94. The Balaban J connectivity index is 2.15. The molecule has 0 aromatic carbocycles. The first-order valence-electron chi connectivity index (χ1n) is 4.09. The molecule has 0 amide bonds. The van der Waals surface area contributed by atoms with Crippen LogP contribution in [0.25, 0.3) is 0 Å². The fraction of sp³-hybridized carbons (Fsp3) is 0.625. The lowest BCUT2D eigenvalue weighted by molar-refractivity contribution is 0.754. The summed E-state index contributed by atoms with van der Waals surface area (Å²) in [6, 6.07) is 2.05. The van der Waals surface area contributed by atoms with Gasteiger partial charge in [0.15, 0.2) is 0 Å². The number of rotatable bonds is 5. The molecule has 0 fully saturated rings. The molecule has 3 nitrogen and oxygen atoms in total. The van der Waals surface area contributed by atoms with Gasteiger partial charge in [-0.1, -0.05) is 0 Å². The minimum atomic E-state index is 0.787. The highest BCUT2D eigenvalue weighted by molar-refractivity contribution is 7.98. The monoisotopic (exact) mass is 185 g/mol. The Morgan fingerprint density at radius 2 is 2.50 bits per heavy atom. The third-order valence-electron chi connectivity index (χ3n) is 1.51. The number of nitrogens with zero attached hydrogens (tertiary/aromatic N) is 2. The first-order valence-corrected chi connectivity index (χ1v) is 5.24. The number of nitrogens with two attached hydrogens (primary N) is 1.